The first-order chi connectivity index (χ1) is 7.54. The Morgan fingerprint density at radius 3 is 2.38 bits per heavy atom. The Morgan fingerprint density at radius 1 is 1.44 bits per heavy atom. The van der Waals surface area contributed by atoms with Crippen LogP contribution in [0.3, 0.4) is 0 Å². The van der Waals surface area contributed by atoms with E-state index in [1.54, 1.807) is 12.1 Å². The maximum absolute atomic E-state index is 10.8. The van der Waals surface area contributed by atoms with Crippen LogP contribution in [0.4, 0.5) is 5.69 Å². The van der Waals surface area contributed by atoms with E-state index in [4.69, 9.17) is 4.74 Å². The molecule has 0 spiro atoms. The molecule has 5 nitrogen and oxygen atoms in total. The van der Waals surface area contributed by atoms with Gasteiger partial charge in [0.05, 0.1) is 4.92 Å². The molecule has 0 amide bonds. The van der Waals surface area contributed by atoms with Gasteiger partial charge in [-0.3, -0.25) is 14.9 Å². The number of non-ortho nitro benzene ring substituents is 1. The molecule has 1 aromatic rings. The average Bonchev–Trinajstić information content (AvgIpc) is 2.25. The fourth-order valence-electron chi connectivity index (χ4n) is 1.40. The second-order valence-corrected chi connectivity index (χ2v) is 3.35. The minimum atomic E-state index is -0.462. The summed E-state index contributed by atoms with van der Waals surface area (Å²) < 4.78 is 5.08. The molecule has 86 valence electrons. The second kappa shape index (κ2) is 5.25. The van der Waals surface area contributed by atoms with Crippen LogP contribution in [0.25, 0.3) is 0 Å². The molecule has 1 rings (SSSR count). The van der Waals surface area contributed by atoms with Gasteiger partial charge in [0.1, 0.15) is 6.10 Å². The first kappa shape index (κ1) is 12.2. The van der Waals surface area contributed by atoms with Crippen LogP contribution in [-0.4, -0.2) is 10.9 Å². The zero-order valence-corrected chi connectivity index (χ0v) is 9.17. The normalized spacial score (nSPS) is 11.9. The number of benzene rings is 1. The van der Waals surface area contributed by atoms with E-state index < -0.39 is 4.92 Å². The third-order valence-corrected chi connectivity index (χ3v) is 2.15. The van der Waals surface area contributed by atoms with Gasteiger partial charge in [0.15, 0.2) is 0 Å². The lowest BCUT2D eigenvalue weighted by Gasteiger charge is -2.14. The van der Waals surface area contributed by atoms with E-state index in [1.807, 2.05) is 6.92 Å². The molecule has 0 aliphatic carbocycles. The van der Waals surface area contributed by atoms with Gasteiger partial charge in [-0.1, -0.05) is 6.92 Å². The Bertz CT molecular complexity index is 385. The number of carbonyl (C=O) groups is 1. The van der Waals surface area contributed by atoms with E-state index >= 15 is 0 Å². The number of rotatable bonds is 4. The summed E-state index contributed by atoms with van der Waals surface area (Å²) in [4.78, 5) is 20.8. The molecule has 0 radical (unpaired) electrons. The van der Waals surface area contributed by atoms with Gasteiger partial charge < -0.3 is 4.74 Å². The Kier molecular flexibility index (Phi) is 3.99. The maximum Gasteiger partial charge on any atom is 0.303 e. The molecule has 0 aliphatic rings. The molecule has 5 heteroatoms. The highest BCUT2D eigenvalue weighted by Crippen LogP contribution is 2.23. The predicted molar refractivity (Wildman–Crippen MR) is 57.9 cm³/mol. The van der Waals surface area contributed by atoms with E-state index in [2.05, 4.69) is 0 Å². The standard InChI is InChI=1S/C11H13NO4/c1-3-11(16-8(2)13)9-4-6-10(7-5-9)12(14)15/h4-7,11H,3H2,1-2H3. The van der Waals surface area contributed by atoms with Gasteiger partial charge in [-0.2, -0.15) is 0 Å². The highest BCUT2D eigenvalue weighted by molar-refractivity contribution is 5.66. The van der Waals surface area contributed by atoms with Crippen molar-refractivity contribution in [3.8, 4) is 0 Å². The van der Waals surface area contributed by atoms with Gasteiger partial charge in [-0.15, -0.1) is 0 Å². The van der Waals surface area contributed by atoms with Crippen molar-refractivity contribution >= 4 is 11.7 Å². The van der Waals surface area contributed by atoms with Crippen molar-refractivity contribution in [3.05, 3.63) is 39.9 Å². The van der Waals surface area contributed by atoms with Crippen molar-refractivity contribution in [1.29, 1.82) is 0 Å². The number of nitro groups is 1. The Morgan fingerprint density at radius 2 is 2.00 bits per heavy atom. The molecule has 1 unspecified atom stereocenters. The number of nitrogens with zero attached hydrogens (tertiary/aromatic N) is 1. The third-order valence-electron chi connectivity index (χ3n) is 2.15. The molecule has 0 saturated carbocycles. The van der Waals surface area contributed by atoms with Crippen molar-refractivity contribution in [2.24, 2.45) is 0 Å². The molecular formula is C11H13NO4. The molecular weight excluding hydrogens is 210 g/mol. The number of carbonyl (C=O) groups excluding carboxylic acids is 1. The van der Waals surface area contributed by atoms with Crippen molar-refractivity contribution in [2.45, 2.75) is 26.4 Å². The quantitative estimate of drug-likeness (QED) is 0.447. The zero-order chi connectivity index (χ0) is 12.1. The first-order valence-corrected chi connectivity index (χ1v) is 4.96. The molecule has 1 aromatic carbocycles. The SMILES string of the molecule is CCC(OC(C)=O)c1ccc([N+](=O)[O-])cc1. The number of hydrogen-bond acceptors (Lipinski definition) is 4. The number of esters is 1. The predicted octanol–water partition coefficient (Wildman–Crippen LogP) is 2.61. The summed E-state index contributed by atoms with van der Waals surface area (Å²) in [5.41, 5.74) is 0.796. The maximum atomic E-state index is 10.8. The summed E-state index contributed by atoms with van der Waals surface area (Å²) in [7, 11) is 0. The van der Waals surface area contributed by atoms with Gasteiger partial charge in [0.25, 0.3) is 5.69 Å². The average molecular weight is 223 g/mol. The van der Waals surface area contributed by atoms with Crippen LogP contribution in [0.15, 0.2) is 24.3 Å². The minimum absolute atomic E-state index is 0.0291. The highest BCUT2D eigenvalue weighted by atomic mass is 16.6. The van der Waals surface area contributed by atoms with E-state index in [-0.39, 0.29) is 17.8 Å². The summed E-state index contributed by atoms with van der Waals surface area (Å²) >= 11 is 0. The number of nitro benzene ring substituents is 1. The Balaban J connectivity index is 2.86. The van der Waals surface area contributed by atoms with Gasteiger partial charge in [-0.25, -0.2) is 0 Å². The highest BCUT2D eigenvalue weighted by Gasteiger charge is 2.13. The van der Waals surface area contributed by atoms with Crippen LogP contribution in [-0.2, 0) is 9.53 Å². The fourth-order valence-corrected chi connectivity index (χ4v) is 1.40. The van der Waals surface area contributed by atoms with E-state index in [1.165, 1.54) is 19.1 Å². The monoisotopic (exact) mass is 223 g/mol. The van der Waals surface area contributed by atoms with Crippen LogP contribution in [0, 0.1) is 10.1 Å². The van der Waals surface area contributed by atoms with Crippen LogP contribution in [0.1, 0.15) is 31.9 Å². The smallest absolute Gasteiger partial charge is 0.303 e. The largest absolute Gasteiger partial charge is 0.458 e. The van der Waals surface area contributed by atoms with Gasteiger partial charge in [0.2, 0.25) is 0 Å². The Labute approximate surface area is 93.2 Å². The lowest BCUT2D eigenvalue weighted by molar-refractivity contribution is -0.384. The van der Waals surface area contributed by atoms with Crippen LogP contribution >= 0.6 is 0 Å². The topological polar surface area (TPSA) is 69.4 Å². The zero-order valence-electron chi connectivity index (χ0n) is 9.17. The van der Waals surface area contributed by atoms with Crippen LogP contribution in [0.5, 0.6) is 0 Å². The van der Waals surface area contributed by atoms with Crippen LogP contribution in [0.2, 0.25) is 0 Å². The number of hydrogen-bond donors (Lipinski definition) is 0. The fraction of sp³-hybridized carbons (Fsp3) is 0.364. The van der Waals surface area contributed by atoms with E-state index in [0.29, 0.717) is 6.42 Å². The van der Waals surface area contributed by atoms with Gasteiger partial charge >= 0.3 is 5.97 Å². The first-order valence-electron chi connectivity index (χ1n) is 4.96. The molecule has 0 heterocycles. The van der Waals surface area contributed by atoms with Crippen molar-refractivity contribution in [2.75, 3.05) is 0 Å². The molecule has 0 saturated heterocycles. The van der Waals surface area contributed by atoms with E-state index in [9.17, 15) is 14.9 Å². The third kappa shape index (κ3) is 3.05. The molecule has 16 heavy (non-hydrogen) atoms. The molecule has 0 fully saturated rings. The van der Waals surface area contributed by atoms with E-state index in [0.717, 1.165) is 5.56 Å². The molecule has 1 atom stereocenters. The molecule has 0 aliphatic heterocycles. The summed E-state index contributed by atoms with van der Waals surface area (Å²) in [6.07, 6.45) is 0.301. The van der Waals surface area contributed by atoms with Crippen molar-refractivity contribution < 1.29 is 14.5 Å². The Hall–Kier alpha value is -1.91. The lowest BCUT2D eigenvalue weighted by Crippen LogP contribution is -2.07. The van der Waals surface area contributed by atoms with Gasteiger partial charge in [-0.05, 0) is 24.1 Å². The summed E-state index contributed by atoms with van der Waals surface area (Å²) in [5, 5.41) is 10.4. The second-order valence-electron chi connectivity index (χ2n) is 3.35. The summed E-state index contributed by atoms with van der Waals surface area (Å²) in [6.45, 7) is 3.23. The summed E-state index contributed by atoms with van der Waals surface area (Å²) in [6, 6.07) is 6.02. The van der Waals surface area contributed by atoms with Crippen molar-refractivity contribution in [1.82, 2.24) is 0 Å². The molecule has 0 bridgehead atoms. The summed E-state index contributed by atoms with van der Waals surface area (Å²) in [5.74, 6) is -0.356. The minimum Gasteiger partial charge on any atom is -0.458 e. The lowest BCUT2D eigenvalue weighted by atomic mass is 10.1. The molecule has 0 aromatic heterocycles. The van der Waals surface area contributed by atoms with Crippen molar-refractivity contribution in [3.63, 3.8) is 0 Å². The van der Waals surface area contributed by atoms with Gasteiger partial charge in [0, 0.05) is 19.1 Å². The molecule has 0 N–H and O–H groups in total. The number of ether oxygens (including phenoxy) is 1. The van der Waals surface area contributed by atoms with Crippen LogP contribution < -0.4 is 0 Å².